The summed E-state index contributed by atoms with van der Waals surface area (Å²) in [6, 6.07) is 5.92. The smallest absolute Gasteiger partial charge is 0.217 e. The Hall–Kier alpha value is -2.15. The molecule has 0 aliphatic rings. The van der Waals surface area contributed by atoms with Gasteiger partial charge >= 0.3 is 0 Å². The molecule has 0 aliphatic heterocycles. The first-order valence-electron chi connectivity index (χ1n) is 9.17. The first kappa shape index (κ1) is 21.2. The molecule has 0 aliphatic carbocycles. The molecule has 2 rings (SSSR count). The summed E-state index contributed by atoms with van der Waals surface area (Å²) in [5.41, 5.74) is 8.06. The minimum absolute atomic E-state index is 0.0824. The summed E-state index contributed by atoms with van der Waals surface area (Å²) in [6.07, 6.45) is 0.687. The van der Waals surface area contributed by atoms with Crippen LogP contribution in [0.5, 0.6) is 0 Å². The number of aryl methyl sites for hydroxylation is 3. The third-order valence-electron chi connectivity index (χ3n) is 4.25. The van der Waals surface area contributed by atoms with E-state index in [-0.39, 0.29) is 23.4 Å². The van der Waals surface area contributed by atoms with Crippen LogP contribution in [0.3, 0.4) is 0 Å². The van der Waals surface area contributed by atoms with Gasteiger partial charge in [0.1, 0.15) is 5.82 Å². The van der Waals surface area contributed by atoms with Gasteiger partial charge < -0.3 is 10.3 Å². The molecule has 1 aromatic heterocycles. The Morgan fingerprint density at radius 3 is 2.52 bits per heavy atom. The van der Waals surface area contributed by atoms with Gasteiger partial charge in [-0.05, 0) is 38.3 Å². The number of thioether (sulfide) groups is 1. The van der Waals surface area contributed by atoms with Gasteiger partial charge in [0.15, 0.2) is 10.9 Å². The second-order valence-corrected chi connectivity index (χ2v) is 8.62. The fourth-order valence-corrected chi connectivity index (χ4v) is 3.75. The van der Waals surface area contributed by atoms with E-state index in [2.05, 4.69) is 24.0 Å². The molecule has 1 aromatic carbocycles. The second-order valence-electron chi connectivity index (χ2n) is 7.31. The lowest BCUT2D eigenvalue weighted by Gasteiger charge is -2.15. The van der Waals surface area contributed by atoms with E-state index in [1.54, 1.807) is 0 Å². The molecule has 2 aromatic rings. The second kappa shape index (κ2) is 9.17. The van der Waals surface area contributed by atoms with Crippen LogP contribution in [0, 0.1) is 19.8 Å². The molecular weight excluding hydrogens is 360 g/mol. The van der Waals surface area contributed by atoms with Crippen LogP contribution in [0.2, 0.25) is 0 Å². The standard InChI is InChI=1S/C20H28N4O2S/c1-12(2)11-24-18(9-8-17(21)25)22-23-20(24)27-15(5)19(26)16-10-13(3)6-7-14(16)4/h6-7,10,12,15H,8-9,11H2,1-5H3,(H2,21,25). The topological polar surface area (TPSA) is 90.9 Å². The highest BCUT2D eigenvalue weighted by atomic mass is 32.2. The average molecular weight is 389 g/mol. The van der Waals surface area contributed by atoms with Crippen molar-refractivity contribution in [3.05, 3.63) is 40.7 Å². The van der Waals surface area contributed by atoms with Crippen molar-refractivity contribution in [2.24, 2.45) is 11.7 Å². The normalized spacial score (nSPS) is 12.4. The number of carbonyl (C=O) groups is 2. The van der Waals surface area contributed by atoms with Crippen molar-refractivity contribution < 1.29 is 9.59 Å². The minimum atomic E-state index is -0.359. The van der Waals surface area contributed by atoms with Crippen LogP contribution in [0.25, 0.3) is 0 Å². The lowest BCUT2D eigenvalue weighted by Crippen LogP contribution is -2.18. The third kappa shape index (κ3) is 5.66. The van der Waals surface area contributed by atoms with Crippen molar-refractivity contribution in [2.75, 3.05) is 0 Å². The molecule has 7 heteroatoms. The zero-order valence-corrected chi connectivity index (χ0v) is 17.5. The maximum absolute atomic E-state index is 12.9. The predicted octanol–water partition coefficient (Wildman–Crippen LogP) is 3.33. The Bertz CT molecular complexity index is 829. The van der Waals surface area contributed by atoms with Gasteiger partial charge in [-0.1, -0.05) is 43.3 Å². The summed E-state index contributed by atoms with van der Waals surface area (Å²) < 4.78 is 2.01. The molecule has 0 saturated carbocycles. The van der Waals surface area contributed by atoms with Gasteiger partial charge in [0.25, 0.3) is 0 Å². The van der Waals surface area contributed by atoms with E-state index in [0.29, 0.717) is 17.5 Å². The van der Waals surface area contributed by atoms with Crippen LogP contribution in [0.15, 0.2) is 23.4 Å². The van der Waals surface area contributed by atoms with Gasteiger partial charge in [-0.15, -0.1) is 10.2 Å². The summed E-state index contributed by atoms with van der Waals surface area (Å²) in [7, 11) is 0. The molecule has 27 heavy (non-hydrogen) atoms. The van der Waals surface area contributed by atoms with Crippen molar-refractivity contribution in [2.45, 2.75) is 64.4 Å². The number of aromatic nitrogens is 3. The van der Waals surface area contributed by atoms with Crippen molar-refractivity contribution in [3.63, 3.8) is 0 Å². The Kier molecular flexibility index (Phi) is 7.18. The molecule has 0 spiro atoms. The van der Waals surface area contributed by atoms with Crippen molar-refractivity contribution in [1.29, 1.82) is 0 Å². The molecule has 146 valence electrons. The third-order valence-corrected chi connectivity index (χ3v) is 5.33. The molecule has 1 amide bonds. The fourth-order valence-electron chi connectivity index (χ4n) is 2.81. The number of Topliss-reactive ketones (excluding diaryl/α,β-unsaturated/α-hetero) is 1. The molecule has 2 N–H and O–H groups in total. The van der Waals surface area contributed by atoms with E-state index < -0.39 is 0 Å². The van der Waals surface area contributed by atoms with Gasteiger partial charge in [-0.3, -0.25) is 9.59 Å². The minimum Gasteiger partial charge on any atom is -0.370 e. The van der Waals surface area contributed by atoms with Crippen LogP contribution in [0.4, 0.5) is 0 Å². The maximum Gasteiger partial charge on any atom is 0.217 e. The van der Waals surface area contributed by atoms with Crippen LogP contribution in [0.1, 0.15) is 54.5 Å². The number of hydrogen-bond donors (Lipinski definition) is 1. The fraction of sp³-hybridized carbons (Fsp3) is 0.500. The van der Waals surface area contributed by atoms with E-state index in [1.807, 2.05) is 43.5 Å². The van der Waals surface area contributed by atoms with Gasteiger partial charge in [0, 0.05) is 24.9 Å². The van der Waals surface area contributed by atoms with Crippen LogP contribution in [-0.2, 0) is 17.8 Å². The number of benzene rings is 1. The summed E-state index contributed by atoms with van der Waals surface area (Å²) in [4.78, 5) is 24.0. The molecular formula is C20H28N4O2S. The van der Waals surface area contributed by atoms with Gasteiger partial charge in [-0.2, -0.15) is 0 Å². The van der Waals surface area contributed by atoms with E-state index in [1.165, 1.54) is 11.8 Å². The molecule has 1 unspecified atom stereocenters. The van der Waals surface area contributed by atoms with E-state index in [0.717, 1.165) is 29.1 Å². The summed E-state index contributed by atoms with van der Waals surface area (Å²) >= 11 is 1.41. The zero-order valence-electron chi connectivity index (χ0n) is 16.7. The monoisotopic (exact) mass is 388 g/mol. The summed E-state index contributed by atoms with van der Waals surface area (Å²) in [6.45, 7) is 10.8. The Morgan fingerprint density at radius 1 is 1.19 bits per heavy atom. The predicted molar refractivity (Wildman–Crippen MR) is 108 cm³/mol. The molecule has 1 atom stereocenters. The maximum atomic E-state index is 12.9. The van der Waals surface area contributed by atoms with Crippen molar-refractivity contribution in [1.82, 2.24) is 14.8 Å². The highest BCUT2D eigenvalue weighted by Crippen LogP contribution is 2.27. The number of ketones is 1. The molecule has 0 fully saturated rings. The molecule has 6 nitrogen and oxygen atoms in total. The lowest BCUT2D eigenvalue weighted by molar-refractivity contribution is -0.118. The quantitative estimate of drug-likeness (QED) is 0.525. The number of nitrogens with zero attached hydrogens (tertiary/aromatic N) is 3. The van der Waals surface area contributed by atoms with Crippen molar-refractivity contribution in [3.8, 4) is 0 Å². The lowest BCUT2D eigenvalue weighted by atomic mass is 10.0. The highest BCUT2D eigenvalue weighted by molar-refractivity contribution is 8.00. The van der Waals surface area contributed by atoms with Gasteiger partial charge in [-0.25, -0.2) is 0 Å². The first-order valence-corrected chi connectivity index (χ1v) is 10.1. The average Bonchev–Trinajstić information content (AvgIpc) is 2.95. The van der Waals surface area contributed by atoms with Crippen LogP contribution >= 0.6 is 11.8 Å². The zero-order chi connectivity index (χ0) is 20.1. The number of amides is 1. The molecule has 0 radical (unpaired) electrons. The number of nitrogens with two attached hydrogens (primary N) is 1. The Morgan fingerprint density at radius 2 is 1.89 bits per heavy atom. The Labute approximate surface area is 164 Å². The Balaban J connectivity index is 2.23. The van der Waals surface area contributed by atoms with Crippen LogP contribution in [-0.4, -0.2) is 31.7 Å². The number of carbonyl (C=O) groups excluding carboxylic acids is 2. The summed E-state index contributed by atoms with van der Waals surface area (Å²) in [5.74, 6) is 0.842. The van der Waals surface area contributed by atoms with E-state index in [9.17, 15) is 9.59 Å². The largest absolute Gasteiger partial charge is 0.370 e. The molecule has 0 bridgehead atoms. The SMILES string of the molecule is Cc1ccc(C)c(C(=O)C(C)Sc2nnc(CCC(N)=O)n2CC(C)C)c1. The van der Waals surface area contributed by atoms with Gasteiger partial charge in [0.2, 0.25) is 5.91 Å². The van der Waals surface area contributed by atoms with Crippen LogP contribution < -0.4 is 5.73 Å². The number of rotatable bonds is 9. The van der Waals surface area contributed by atoms with E-state index in [4.69, 9.17) is 5.73 Å². The number of hydrogen-bond acceptors (Lipinski definition) is 5. The van der Waals surface area contributed by atoms with Crippen molar-refractivity contribution >= 4 is 23.5 Å². The molecule has 1 heterocycles. The van der Waals surface area contributed by atoms with Gasteiger partial charge in [0.05, 0.1) is 5.25 Å². The van der Waals surface area contributed by atoms with E-state index >= 15 is 0 Å². The highest BCUT2D eigenvalue weighted by Gasteiger charge is 2.23. The summed E-state index contributed by atoms with van der Waals surface area (Å²) in [5, 5.41) is 8.92. The first-order chi connectivity index (χ1) is 12.7. The molecule has 0 saturated heterocycles. The number of primary amides is 1.